The molecule has 2 amide bonds. The lowest BCUT2D eigenvalue weighted by Gasteiger charge is -2.03. The second kappa shape index (κ2) is 8.85. The van der Waals surface area contributed by atoms with Gasteiger partial charge in [0.2, 0.25) is 0 Å². The summed E-state index contributed by atoms with van der Waals surface area (Å²) in [7, 11) is 0. The van der Waals surface area contributed by atoms with Crippen molar-refractivity contribution in [2.24, 2.45) is 10.3 Å². The van der Waals surface area contributed by atoms with Gasteiger partial charge in [-0.2, -0.15) is 5.10 Å². The third-order valence-corrected chi connectivity index (χ3v) is 3.21. The van der Waals surface area contributed by atoms with Crippen molar-refractivity contribution < 1.29 is 19.9 Å². The van der Waals surface area contributed by atoms with Crippen LogP contribution in [0.15, 0.2) is 58.8 Å². The fourth-order valence-electron chi connectivity index (χ4n) is 1.89. The Morgan fingerprint density at radius 1 is 1.08 bits per heavy atom. The lowest BCUT2D eigenvalue weighted by atomic mass is 10.1. The highest BCUT2D eigenvalue weighted by Crippen LogP contribution is 2.19. The number of phenols is 1. The van der Waals surface area contributed by atoms with Gasteiger partial charge in [0.05, 0.1) is 11.9 Å². The largest absolute Gasteiger partial charge is 0.507 e. The number of hydrogen-bond acceptors (Lipinski definition) is 7. The van der Waals surface area contributed by atoms with Gasteiger partial charge < -0.3 is 5.11 Å². The average Bonchev–Trinajstić information content (AvgIpc) is 2.67. The number of hydrazone groups is 1. The van der Waals surface area contributed by atoms with Crippen LogP contribution in [-0.4, -0.2) is 28.3 Å². The molecule has 0 saturated carbocycles. The highest BCUT2D eigenvalue weighted by molar-refractivity contribution is 5.96. The van der Waals surface area contributed by atoms with Gasteiger partial charge in [0.15, 0.2) is 0 Å². The summed E-state index contributed by atoms with van der Waals surface area (Å²) in [6, 6.07) is 10.5. The van der Waals surface area contributed by atoms with Crippen LogP contribution in [0, 0.1) is 4.91 Å². The van der Waals surface area contributed by atoms with Gasteiger partial charge in [-0.05, 0) is 35.9 Å². The van der Waals surface area contributed by atoms with Crippen LogP contribution < -0.4 is 10.9 Å². The van der Waals surface area contributed by atoms with Gasteiger partial charge in [-0.3, -0.25) is 20.3 Å². The summed E-state index contributed by atoms with van der Waals surface area (Å²) in [6.45, 7) is 0. The molecule has 0 aliphatic carbocycles. The summed E-state index contributed by atoms with van der Waals surface area (Å²) in [6.07, 6.45) is 3.68. The summed E-state index contributed by atoms with van der Waals surface area (Å²) in [5, 5.41) is 24.4. The maximum absolute atomic E-state index is 12.0. The van der Waals surface area contributed by atoms with Gasteiger partial charge in [0, 0.05) is 28.4 Å². The standard InChI is InChI=1S/C17H14N4O5/c22-15-9-14(20-25)7-6-13(15)10-18-19-17(24)12-4-1-11(2-5-12)3-8-16(23)21-26/h1-10,20,22,25H,(H,19,24). The van der Waals surface area contributed by atoms with E-state index in [9.17, 15) is 19.6 Å². The zero-order valence-electron chi connectivity index (χ0n) is 13.3. The van der Waals surface area contributed by atoms with Gasteiger partial charge in [0.1, 0.15) is 5.75 Å². The van der Waals surface area contributed by atoms with Crippen LogP contribution in [0.1, 0.15) is 21.5 Å². The van der Waals surface area contributed by atoms with Crippen molar-refractivity contribution in [3.8, 4) is 5.75 Å². The monoisotopic (exact) mass is 354 g/mol. The number of aromatic hydroxyl groups is 1. The second-order valence-corrected chi connectivity index (χ2v) is 4.97. The molecule has 9 nitrogen and oxygen atoms in total. The summed E-state index contributed by atoms with van der Waals surface area (Å²) >= 11 is 0. The van der Waals surface area contributed by atoms with Crippen LogP contribution in [0.3, 0.4) is 0 Å². The minimum absolute atomic E-state index is 0.127. The summed E-state index contributed by atoms with van der Waals surface area (Å²) in [5.74, 6) is -1.50. The van der Waals surface area contributed by atoms with Crippen molar-refractivity contribution in [2.45, 2.75) is 0 Å². The van der Waals surface area contributed by atoms with Crippen LogP contribution in [0.5, 0.6) is 5.75 Å². The molecule has 0 saturated heterocycles. The number of nitrogens with one attached hydrogen (secondary N) is 2. The molecule has 132 valence electrons. The van der Waals surface area contributed by atoms with Crippen molar-refractivity contribution in [3.05, 3.63) is 70.1 Å². The Morgan fingerprint density at radius 2 is 1.81 bits per heavy atom. The van der Waals surface area contributed by atoms with Crippen LogP contribution >= 0.6 is 0 Å². The molecule has 0 aliphatic heterocycles. The molecule has 9 heteroatoms. The van der Waals surface area contributed by atoms with E-state index < -0.39 is 11.8 Å². The summed E-state index contributed by atoms with van der Waals surface area (Å²) in [4.78, 5) is 32.7. The number of nitrogens with zero attached hydrogens (tertiary/aromatic N) is 2. The highest BCUT2D eigenvalue weighted by atomic mass is 16.5. The molecular weight excluding hydrogens is 340 g/mol. The van der Waals surface area contributed by atoms with Crippen molar-refractivity contribution in [1.82, 2.24) is 5.43 Å². The summed E-state index contributed by atoms with van der Waals surface area (Å²) < 4.78 is 0. The molecule has 0 bridgehead atoms. The predicted molar refractivity (Wildman–Crippen MR) is 94.9 cm³/mol. The van der Waals surface area contributed by atoms with Gasteiger partial charge in [0.25, 0.3) is 5.91 Å². The molecule has 0 radical (unpaired) electrons. The minimum atomic E-state index is -0.896. The Bertz CT molecular complexity index is 875. The first kappa shape index (κ1) is 18.5. The molecule has 0 fully saturated rings. The first-order valence-corrected chi connectivity index (χ1v) is 7.25. The minimum Gasteiger partial charge on any atom is -0.507 e. The number of benzene rings is 2. The van der Waals surface area contributed by atoms with Crippen LogP contribution in [-0.2, 0) is 4.79 Å². The molecule has 2 rings (SSSR count). The number of carbonyl (C=O) groups is 2. The van der Waals surface area contributed by atoms with Gasteiger partial charge in [-0.15, -0.1) is 4.91 Å². The quantitative estimate of drug-likeness (QED) is 0.271. The normalized spacial score (nSPS) is 10.8. The predicted octanol–water partition coefficient (Wildman–Crippen LogP) is 2.26. The molecule has 0 spiro atoms. The number of phenolic OH excluding ortho intramolecular Hbond substituents is 1. The molecule has 0 aliphatic rings. The van der Waals surface area contributed by atoms with E-state index in [1.165, 1.54) is 42.6 Å². The van der Waals surface area contributed by atoms with E-state index in [-0.39, 0.29) is 5.75 Å². The Morgan fingerprint density at radius 3 is 2.42 bits per heavy atom. The number of hydrogen-bond donors (Lipinski definition) is 4. The maximum Gasteiger partial charge on any atom is 0.309 e. The van der Waals surface area contributed by atoms with Gasteiger partial charge in [-0.1, -0.05) is 12.1 Å². The number of carbonyl (C=O) groups excluding carboxylic acids is 2. The number of rotatable bonds is 6. The van der Waals surface area contributed by atoms with Crippen LogP contribution in [0.4, 0.5) is 5.69 Å². The van der Waals surface area contributed by atoms with E-state index in [1.807, 2.05) is 5.48 Å². The Hall–Kier alpha value is -3.85. The van der Waals surface area contributed by atoms with Gasteiger partial charge in [-0.25, -0.2) is 5.43 Å². The lowest BCUT2D eigenvalue weighted by molar-refractivity contribution is -0.113. The van der Waals surface area contributed by atoms with E-state index in [0.29, 0.717) is 22.4 Å². The first-order chi connectivity index (χ1) is 12.5. The van der Waals surface area contributed by atoms with Crippen molar-refractivity contribution in [3.63, 3.8) is 0 Å². The van der Waals surface area contributed by atoms with Crippen molar-refractivity contribution in [2.75, 3.05) is 5.48 Å². The number of nitroso groups, excluding NO2 is 1. The van der Waals surface area contributed by atoms with Crippen molar-refractivity contribution in [1.29, 1.82) is 0 Å². The van der Waals surface area contributed by atoms with Gasteiger partial charge >= 0.3 is 5.91 Å². The maximum atomic E-state index is 12.0. The van der Waals surface area contributed by atoms with E-state index >= 15 is 0 Å². The Kier molecular flexibility index (Phi) is 6.29. The van der Waals surface area contributed by atoms with E-state index in [2.05, 4.69) is 15.7 Å². The smallest absolute Gasteiger partial charge is 0.309 e. The van der Waals surface area contributed by atoms with E-state index in [0.717, 1.165) is 6.08 Å². The zero-order chi connectivity index (χ0) is 18.9. The SMILES string of the molecule is O=NC(=O)C=Cc1ccc(C(=O)NN=Cc2ccc(NO)cc2O)cc1. The molecule has 0 heterocycles. The second-order valence-electron chi connectivity index (χ2n) is 4.97. The molecular formula is C17H14N4O5. The number of anilines is 1. The zero-order valence-corrected chi connectivity index (χ0v) is 13.3. The topological polar surface area (TPSA) is 140 Å². The first-order valence-electron chi connectivity index (χ1n) is 7.25. The molecule has 26 heavy (non-hydrogen) atoms. The molecule has 4 N–H and O–H groups in total. The average molecular weight is 354 g/mol. The van der Waals surface area contributed by atoms with E-state index in [1.54, 1.807) is 12.1 Å². The summed E-state index contributed by atoms with van der Waals surface area (Å²) in [5.41, 5.74) is 5.80. The Labute approximate surface area is 147 Å². The third-order valence-electron chi connectivity index (χ3n) is 3.21. The highest BCUT2D eigenvalue weighted by Gasteiger charge is 2.04. The van der Waals surface area contributed by atoms with E-state index in [4.69, 9.17) is 5.21 Å². The molecule has 2 aromatic rings. The molecule has 2 aromatic carbocycles. The number of amides is 2. The third kappa shape index (κ3) is 5.08. The molecule has 0 aromatic heterocycles. The fraction of sp³-hybridized carbons (Fsp3) is 0. The Balaban J connectivity index is 1.98. The van der Waals surface area contributed by atoms with Crippen molar-refractivity contribution >= 4 is 29.8 Å². The van der Waals surface area contributed by atoms with Crippen LogP contribution in [0.2, 0.25) is 0 Å². The molecule has 0 unspecified atom stereocenters. The van der Waals surface area contributed by atoms with Crippen LogP contribution in [0.25, 0.3) is 6.08 Å². The fourth-order valence-corrected chi connectivity index (χ4v) is 1.89. The lowest BCUT2D eigenvalue weighted by Crippen LogP contribution is -2.17. The molecule has 0 atom stereocenters.